The first-order valence-electron chi connectivity index (χ1n) is 5.41. The van der Waals surface area contributed by atoms with E-state index in [2.05, 4.69) is 0 Å². The summed E-state index contributed by atoms with van der Waals surface area (Å²) < 4.78 is 8.56. The number of ether oxygens (including phenoxy) is 2. The molecule has 22 heavy (non-hydrogen) atoms. The van der Waals surface area contributed by atoms with E-state index in [1.165, 1.54) is 0 Å². The molecular weight excluding hydrogens is 304 g/mol. The van der Waals surface area contributed by atoms with Gasteiger partial charge < -0.3 is 42.9 Å². The molecule has 0 aliphatic carbocycles. The van der Waals surface area contributed by atoms with Crippen molar-refractivity contribution < 1.29 is 43.3 Å². The van der Waals surface area contributed by atoms with E-state index in [0.29, 0.717) is 0 Å². The van der Waals surface area contributed by atoms with E-state index < -0.39 is 54.5 Å². The molecule has 0 radical (unpaired) electrons. The molecule has 0 aromatic heterocycles. The zero-order valence-electron chi connectivity index (χ0n) is 12.1. The van der Waals surface area contributed by atoms with Gasteiger partial charge in [0.25, 0.3) is 0 Å². The van der Waals surface area contributed by atoms with Crippen molar-refractivity contribution >= 4 is 23.9 Å². The fourth-order valence-corrected chi connectivity index (χ4v) is 1.85. The van der Waals surface area contributed by atoms with Crippen LogP contribution >= 0.6 is 0 Å². The van der Waals surface area contributed by atoms with Crippen LogP contribution in [0.3, 0.4) is 0 Å². The first kappa shape index (κ1) is 24.7. The number of nitrogens with zero attached hydrogens (tertiary/aromatic N) is 1. The monoisotopic (exact) mass is 326 g/mol. The van der Waals surface area contributed by atoms with Gasteiger partial charge in [-0.2, -0.15) is 0 Å². The van der Waals surface area contributed by atoms with Crippen molar-refractivity contribution in [2.24, 2.45) is 0 Å². The molecule has 130 valence electrons. The largest absolute Gasteiger partial charge is 0.544 e. The Balaban J connectivity index is -0.00000120. The fraction of sp³-hybridized carbons (Fsp3) is 0.600. The number of aliphatic carboxylic acids is 2. The molecule has 0 spiro atoms. The predicted octanol–water partition coefficient (Wildman–Crippen LogP) is -2.78. The highest BCUT2D eigenvalue weighted by Gasteiger charge is 2.38. The van der Waals surface area contributed by atoms with Gasteiger partial charge in [-0.1, -0.05) is 0 Å². The number of carbonyl (C=O) groups excluding carboxylic acids is 3. The third-order valence-electron chi connectivity index (χ3n) is 2.47. The molecule has 1 aliphatic heterocycles. The van der Waals surface area contributed by atoms with Crippen molar-refractivity contribution in [3.8, 4) is 0 Å². The van der Waals surface area contributed by atoms with Crippen LogP contribution in [-0.4, -0.2) is 72.9 Å². The van der Waals surface area contributed by atoms with Crippen LogP contribution in [0, 0.1) is 0 Å². The average Bonchev–Trinajstić information content (AvgIpc) is 2.26. The third kappa shape index (κ3) is 8.11. The second-order valence-corrected chi connectivity index (χ2v) is 4.18. The highest BCUT2D eigenvalue weighted by molar-refractivity contribution is 5.76. The lowest BCUT2D eigenvalue weighted by molar-refractivity contribution is -0.902. The summed E-state index contributed by atoms with van der Waals surface area (Å²) in [5.74, 6) is -4.50. The van der Waals surface area contributed by atoms with E-state index in [-0.39, 0.29) is 31.7 Å². The zero-order chi connectivity index (χ0) is 14.5. The van der Waals surface area contributed by atoms with Gasteiger partial charge in [-0.25, -0.2) is 14.4 Å². The highest BCUT2D eigenvalue weighted by Crippen LogP contribution is 2.09. The Kier molecular flexibility index (Phi) is 11.7. The summed E-state index contributed by atoms with van der Waals surface area (Å²) in [4.78, 5) is 44.5. The van der Waals surface area contributed by atoms with Crippen LogP contribution in [0.5, 0.6) is 0 Å². The molecule has 1 aliphatic rings. The average molecular weight is 326 g/mol. The van der Waals surface area contributed by atoms with E-state index in [1.54, 1.807) is 0 Å². The molecule has 0 bridgehead atoms. The molecule has 1 saturated heterocycles. The van der Waals surface area contributed by atoms with Gasteiger partial charge in [0, 0.05) is 0 Å². The van der Waals surface area contributed by atoms with Gasteiger partial charge in [0.05, 0.1) is 5.97 Å². The zero-order valence-corrected chi connectivity index (χ0v) is 12.1. The van der Waals surface area contributed by atoms with Crippen LogP contribution in [0.4, 0.5) is 0 Å². The number of cyclic esters (lactones) is 2. The molecule has 12 heteroatoms. The maximum atomic E-state index is 11.5. The third-order valence-corrected chi connectivity index (χ3v) is 2.47. The van der Waals surface area contributed by atoms with Gasteiger partial charge in [0.2, 0.25) is 0 Å². The molecule has 0 unspecified atom stereocenters. The molecule has 0 amide bonds. The Bertz CT molecular complexity index is 376. The van der Waals surface area contributed by atoms with E-state index >= 15 is 0 Å². The van der Waals surface area contributed by atoms with E-state index in [4.69, 9.17) is 14.6 Å². The van der Waals surface area contributed by atoms with Crippen LogP contribution in [0.2, 0.25) is 0 Å². The minimum absolute atomic E-state index is 0. The van der Waals surface area contributed by atoms with Gasteiger partial charge in [-0.05, 0) is 0 Å². The first-order chi connectivity index (χ1) is 8.83. The first-order valence-corrected chi connectivity index (χ1v) is 5.41. The van der Waals surface area contributed by atoms with Crippen molar-refractivity contribution in [3.63, 3.8) is 0 Å². The predicted molar refractivity (Wildman–Crippen MR) is 69.4 cm³/mol. The molecule has 0 aromatic carbocycles. The summed E-state index contributed by atoms with van der Waals surface area (Å²) in [6.45, 7) is -2.91. The number of hydrogen-bond acceptors (Lipinski definition) is 10. The Morgan fingerprint density at radius 3 is 1.73 bits per heavy atom. The van der Waals surface area contributed by atoms with Crippen LogP contribution < -0.4 is 23.6 Å². The van der Waals surface area contributed by atoms with Crippen LogP contribution in [0.1, 0.15) is 0 Å². The Hall–Kier alpha value is -2.28. The smallest absolute Gasteiger partial charge is 0.361 e. The minimum Gasteiger partial charge on any atom is -0.544 e. The van der Waals surface area contributed by atoms with Gasteiger partial charge in [-0.3, -0.25) is 4.48 Å². The van der Waals surface area contributed by atoms with Gasteiger partial charge in [0.1, 0.15) is 19.8 Å². The molecule has 1 fully saturated rings. The van der Waals surface area contributed by atoms with Crippen molar-refractivity contribution in [1.82, 2.24) is 18.5 Å². The van der Waals surface area contributed by atoms with E-state index in [1.807, 2.05) is 0 Å². The van der Waals surface area contributed by atoms with Crippen LogP contribution in [0.15, 0.2) is 0 Å². The van der Waals surface area contributed by atoms with Crippen molar-refractivity contribution in [1.29, 1.82) is 0 Å². The molecule has 0 atom stereocenters. The summed E-state index contributed by atoms with van der Waals surface area (Å²) in [6.07, 6.45) is 0. The normalized spacial score (nSPS) is 16.7. The number of rotatable bonds is 4. The van der Waals surface area contributed by atoms with E-state index in [9.17, 15) is 24.3 Å². The SMILES string of the molecule is N.N.N.O=C([O-])C[N+]1(CC(=O)O)CC(=O)OCCOC(=O)C1. The van der Waals surface area contributed by atoms with Crippen LogP contribution in [-0.2, 0) is 28.7 Å². The second kappa shape index (κ2) is 10.4. The minimum atomic E-state index is -1.57. The van der Waals surface area contributed by atoms with Crippen LogP contribution in [0.25, 0.3) is 0 Å². The number of carboxylic acids is 2. The summed E-state index contributed by atoms with van der Waals surface area (Å²) in [6, 6.07) is 0. The lowest BCUT2D eigenvalue weighted by Gasteiger charge is -2.34. The lowest BCUT2D eigenvalue weighted by atomic mass is 10.3. The Morgan fingerprint density at radius 1 is 1.00 bits per heavy atom. The second-order valence-electron chi connectivity index (χ2n) is 4.18. The standard InChI is InChI=1S/C10H13NO8.3H3N/c12-7(13)3-11(4-8(14)15)5-9(16)18-1-2-19-10(17)6-11;;;/h1-6H2,(H-,12,13,14,15);3*1H3. The molecular formula is C10H22N4O8. The van der Waals surface area contributed by atoms with Crippen molar-refractivity contribution in [3.05, 3.63) is 0 Å². The quantitative estimate of drug-likeness (QED) is 0.304. The van der Waals surface area contributed by atoms with Crippen molar-refractivity contribution in [2.45, 2.75) is 0 Å². The topological polar surface area (TPSA) is 235 Å². The molecule has 12 nitrogen and oxygen atoms in total. The number of esters is 2. The molecule has 0 saturated carbocycles. The van der Waals surface area contributed by atoms with Crippen molar-refractivity contribution in [2.75, 3.05) is 39.4 Å². The van der Waals surface area contributed by atoms with Gasteiger partial charge in [-0.15, -0.1) is 0 Å². The fourth-order valence-electron chi connectivity index (χ4n) is 1.85. The lowest BCUT2D eigenvalue weighted by Crippen LogP contribution is -2.60. The molecule has 1 heterocycles. The summed E-state index contributed by atoms with van der Waals surface area (Å²) in [5.41, 5.74) is 0. The number of carboxylic acid groups (broad SMARTS) is 2. The number of carbonyl (C=O) groups is 4. The molecule has 0 aromatic rings. The summed E-state index contributed by atoms with van der Waals surface area (Å²) in [5, 5.41) is 19.5. The summed E-state index contributed by atoms with van der Waals surface area (Å²) >= 11 is 0. The number of hydrogen-bond donors (Lipinski definition) is 4. The highest BCUT2D eigenvalue weighted by atomic mass is 16.6. The maximum Gasteiger partial charge on any atom is 0.361 e. The summed E-state index contributed by atoms with van der Waals surface area (Å²) in [7, 11) is 0. The Morgan fingerprint density at radius 2 is 1.41 bits per heavy atom. The number of quaternary nitrogens is 1. The molecule has 10 N–H and O–H groups in total. The van der Waals surface area contributed by atoms with Gasteiger partial charge in [0.15, 0.2) is 19.6 Å². The molecule has 1 rings (SSSR count). The van der Waals surface area contributed by atoms with E-state index in [0.717, 1.165) is 0 Å². The Labute approximate surface area is 126 Å². The maximum absolute atomic E-state index is 11.5. The van der Waals surface area contributed by atoms with Gasteiger partial charge >= 0.3 is 17.9 Å².